The number of rotatable bonds is 7. The zero-order chi connectivity index (χ0) is 22.8. The van der Waals surface area contributed by atoms with Crippen molar-refractivity contribution in [3.63, 3.8) is 0 Å². The number of nitrogens with one attached hydrogen (secondary N) is 1. The third kappa shape index (κ3) is 5.25. The lowest BCUT2D eigenvalue weighted by Crippen LogP contribution is -2.34. The Morgan fingerprint density at radius 3 is 2.70 bits per heavy atom. The summed E-state index contributed by atoms with van der Waals surface area (Å²) in [6.45, 7) is 3.93. The average molecular weight is 512 g/mol. The minimum Gasteiger partial charge on any atom is -0.427 e. The molecule has 0 aliphatic carbocycles. The van der Waals surface area contributed by atoms with Gasteiger partial charge < -0.3 is 15.0 Å². The maximum absolute atomic E-state index is 14.0. The molecule has 2 rings (SSSR count). The maximum atomic E-state index is 14.0. The highest BCUT2D eigenvalue weighted by atomic mass is 79.9. The number of para-hydroxylation sites is 1. The van der Waals surface area contributed by atoms with Crippen LogP contribution in [0, 0.1) is 17.7 Å². The fourth-order valence-corrected chi connectivity index (χ4v) is 3.75. The molecule has 0 unspecified atom stereocenters. The Labute approximate surface area is 184 Å². The first-order valence-electron chi connectivity index (χ1n) is 8.54. The quantitative estimate of drug-likeness (QED) is 0.262. The van der Waals surface area contributed by atoms with Gasteiger partial charge in [-0.05, 0) is 12.1 Å². The lowest BCUT2D eigenvalue weighted by molar-refractivity contribution is -0.160. The van der Waals surface area contributed by atoms with Gasteiger partial charge in [-0.15, -0.1) is 0 Å². The number of halogens is 5. The molecule has 1 aromatic rings. The molecule has 0 spiro atoms. The third-order valence-corrected chi connectivity index (χ3v) is 5.96. The van der Waals surface area contributed by atoms with E-state index in [1.54, 1.807) is 0 Å². The van der Waals surface area contributed by atoms with Gasteiger partial charge in [0.25, 0.3) is 0 Å². The number of amides is 2. The molecule has 30 heavy (non-hydrogen) atoms. The predicted molar refractivity (Wildman–Crippen MR) is 110 cm³/mol. The fraction of sp³-hybridized carbons (Fsp3) is 0.389. The van der Waals surface area contributed by atoms with Crippen LogP contribution in [0.3, 0.4) is 0 Å². The van der Waals surface area contributed by atoms with E-state index in [4.69, 9.17) is 11.6 Å². The van der Waals surface area contributed by atoms with Gasteiger partial charge in [0.15, 0.2) is 11.6 Å². The second-order valence-corrected chi connectivity index (χ2v) is 7.83. The van der Waals surface area contributed by atoms with E-state index in [0.717, 1.165) is 6.07 Å². The van der Waals surface area contributed by atoms with E-state index >= 15 is 0 Å². The predicted octanol–water partition coefficient (Wildman–Crippen LogP) is 3.81. The summed E-state index contributed by atoms with van der Waals surface area (Å²) in [6, 6.07) is 3.31. The number of anilines is 1. The molecular formula is C18H19BrClF3N4O3. The molecule has 7 nitrogen and oxygen atoms in total. The van der Waals surface area contributed by atoms with E-state index in [1.165, 1.54) is 36.1 Å². The molecule has 1 fully saturated rings. The summed E-state index contributed by atoms with van der Waals surface area (Å²) in [4.78, 5) is 26.8. The summed E-state index contributed by atoms with van der Waals surface area (Å²) in [7, 11) is 3.02. The first kappa shape index (κ1) is 24.0. The number of benzene rings is 1. The van der Waals surface area contributed by atoms with Crippen LogP contribution in [0.5, 0.6) is 5.75 Å². The number of nitrogens with zero attached hydrogens (tertiary/aromatic N) is 3. The summed E-state index contributed by atoms with van der Waals surface area (Å²) >= 11 is 9.52. The zero-order valence-electron chi connectivity index (χ0n) is 16.3. The van der Waals surface area contributed by atoms with Crippen molar-refractivity contribution in [2.45, 2.75) is 13.0 Å². The Hall–Kier alpha value is -2.27. The molecule has 0 saturated carbocycles. The van der Waals surface area contributed by atoms with Crippen LogP contribution < -0.4 is 10.1 Å². The monoisotopic (exact) mass is 510 g/mol. The van der Waals surface area contributed by atoms with Gasteiger partial charge in [0.2, 0.25) is 11.8 Å². The van der Waals surface area contributed by atoms with E-state index in [-0.39, 0.29) is 17.4 Å². The maximum Gasteiger partial charge on any atom is 0.395 e. The van der Waals surface area contributed by atoms with Crippen molar-refractivity contribution < 1.29 is 27.5 Å². The Bertz CT molecular complexity index is 894. The average Bonchev–Trinajstić information content (AvgIpc) is 2.96. The molecule has 1 aliphatic rings. The molecular weight excluding hydrogens is 493 g/mol. The minimum atomic E-state index is -3.69. The van der Waals surface area contributed by atoms with Gasteiger partial charge in [-0.3, -0.25) is 14.6 Å². The third-order valence-electron chi connectivity index (χ3n) is 4.32. The Kier molecular flexibility index (Phi) is 7.40. The van der Waals surface area contributed by atoms with Gasteiger partial charge in [0, 0.05) is 44.7 Å². The van der Waals surface area contributed by atoms with E-state index in [0.29, 0.717) is 11.4 Å². The van der Waals surface area contributed by atoms with Gasteiger partial charge >= 0.3 is 6.11 Å². The standard InChI is InChI=1S/C18H19BrClF3N4O3/c1-18(22,23)30-14-10(21)6-5-7-11(14)25-16(28)12-9(8-26(3)17(12)29)13(19)15(20)27(4)24-2/h5-7,9,12H,2,8H2,1,3-4H3,(H,25,28)/b15-13-/t9-,12-/m0/s1. The van der Waals surface area contributed by atoms with Crippen LogP contribution in [0.2, 0.25) is 0 Å². The number of alkyl halides is 2. The van der Waals surface area contributed by atoms with E-state index in [9.17, 15) is 22.8 Å². The summed E-state index contributed by atoms with van der Waals surface area (Å²) in [6.07, 6.45) is -3.69. The second kappa shape index (κ2) is 9.25. The molecule has 164 valence electrons. The number of carbonyl (C=O) groups is 2. The van der Waals surface area contributed by atoms with Crippen molar-refractivity contribution in [3.8, 4) is 5.75 Å². The molecule has 1 aliphatic heterocycles. The van der Waals surface area contributed by atoms with E-state index in [2.05, 4.69) is 37.8 Å². The summed E-state index contributed by atoms with van der Waals surface area (Å²) in [5.41, 5.74) is -0.335. The number of carbonyl (C=O) groups excluding carboxylic acids is 2. The number of hydrazone groups is 1. The SMILES string of the molecule is C=NN(C)/C(Cl)=C(\Br)[C@H]1CN(C)C(=O)[C@@H]1C(=O)Nc1cccc(F)c1OC(C)(F)F. The van der Waals surface area contributed by atoms with Crippen LogP contribution in [-0.4, -0.2) is 55.2 Å². The van der Waals surface area contributed by atoms with Crippen molar-refractivity contribution in [3.05, 3.63) is 33.7 Å². The van der Waals surface area contributed by atoms with Gasteiger partial charge in [0.1, 0.15) is 11.1 Å². The normalized spacial score (nSPS) is 20.0. The van der Waals surface area contributed by atoms with Gasteiger partial charge in [-0.25, -0.2) is 4.39 Å². The smallest absolute Gasteiger partial charge is 0.395 e. The highest BCUT2D eigenvalue weighted by molar-refractivity contribution is 9.11. The number of hydrogen-bond donors (Lipinski definition) is 1. The van der Waals surface area contributed by atoms with Crippen LogP contribution in [0.15, 0.2) is 32.9 Å². The van der Waals surface area contributed by atoms with Crippen molar-refractivity contribution in [1.82, 2.24) is 9.91 Å². The lowest BCUT2D eigenvalue weighted by Gasteiger charge is -2.21. The van der Waals surface area contributed by atoms with Crippen LogP contribution in [-0.2, 0) is 9.59 Å². The number of ether oxygens (including phenoxy) is 1. The van der Waals surface area contributed by atoms with E-state index in [1.807, 2.05) is 0 Å². The van der Waals surface area contributed by atoms with Crippen LogP contribution in [0.4, 0.5) is 18.9 Å². The number of likely N-dealkylation sites (tertiary alicyclic amines) is 1. The molecule has 1 aromatic carbocycles. The summed E-state index contributed by atoms with van der Waals surface area (Å²) in [5.74, 6) is -5.24. The highest BCUT2D eigenvalue weighted by Gasteiger charge is 2.46. The Balaban J connectivity index is 2.38. The lowest BCUT2D eigenvalue weighted by atomic mass is 9.94. The minimum absolute atomic E-state index is 0.108. The topological polar surface area (TPSA) is 74.2 Å². The van der Waals surface area contributed by atoms with Crippen molar-refractivity contribution in [2.75, 3.05) is 26.0 Å². The van der Waals surface area contributed by atoms with Crippen molar-refractivity contribution in [1.29, 1.82) is 0 Å². The molecule has 0 radical (unpaired) electrons. The molecule has 12 heteroatoms. The van der Waals surface area contributed by atoms with Crippen LogP contribution in [0.1, 0.15) is 6.92 Å². The molecule has 1 saturated heterocycles. The molecule has 0 bridgehead atoms. The van der Waals surface area contributed by atoms with Crippen molar-refractivity contribution in [2.24, 2.45) is 16.9 Å². The van der Waals surface area contributed by atoms with Gasteiger partial charge in [-0.2, -0.15) is 13.9 Å². The molecule has 1 heterocycles. The number of hydrogen-bond acceptors (Lipinski definition) is 5. The molecule has 0 aromatic heterocycles. The summed E-state index contributed by atoms with van der Waals surface area (Å²) < 4.78 is 45.3. The van der Waals surface area contributed by atoms with Crippen LogP contribution in [0.25, 0.3) is 0 Å². The van der Waals surface area contributed by atoms with E-state index < -0.39 is 41.3 Å². The van der Waals surface area contributed by atoms with Crippen molar-refractivity contribution >= 4 is 51.8 Å². The van der Waals surface area contributed by atoms with Gasteiger partial charge in [-0.1, -0.05) is 33.6 Å². The first-order valence-corrected chi connectivity index (χ1v) is 9.71. The highest BCUT2D eigenvalue weighted by Crippen LogP contribution is 2.39. The molecule has 2 amide bonds. The first-order chi connectivity index (χ1) is 13.9. The largest absolute Gasteiger partial charge is 0.427 e. The zero-order valence-corrected chi connectivity index (χ0v) is 18.6. The van der Waals surface area contributed by atoms with Gasteiger partial charge in [0.05, 0.1) is 5.69 Å². The summed E-state index contributed by atoms with van der Waals surface area (Å²) in [5, 5.41) is 7.31. The second-order valence-electron chi connectivity index (χ2n) is 6.62. The van der Waals surface area contributed by atoms with Crippen LogP contribution >= 0.6 is 27.5 Å². The molecule has 1 N–H and O–H groups in total. The molecule has 2 atom stereocenters. The Morgan fingerprint density at radius 2 is 2.13 bits per heavy atom. The fourth-order valence-electron chi connectivity index (χ4n) is 2.89. The Morgan fingerprint density at radius 1 is 1.50 bits per heavy atom.